The normalized spacial score (nSPS) is 12.1. The van der Waals surface area contributed by atoms with Crippen molar-refractivity contribution >= 4 is 0 Å². The Balaban J connectivity index is 3.03. The fraction of sp³-hybridized carbons (Fsp3) is 0.222. The van der Waals surface area contributed by atoms with Crippen molar-refractivity contribution in [2.75, 3.05) is 0 Å². The third-order valence-electron chi connectivity index (χ3n) is 1.41. The molecule has 0 aliphatic rings. The molecule has 0 radical (unpaired) electrons. The summed E-state index contributed by atoms with van der Waals surface area (Å²) < 4.78 is 0. The Labute approximate surface area is 65.9 Å². The summed E-state index contributed by atoms with van der Waals surface area (Å²) in [7, 11) is 0. The van der Waals surface area contributed by atoms with Crippen LogP contribution < -0.4 is 0 Å². The number of hydrogen-bond acceptors (Lipinski definition) is 2. The van der Waals surface area contributed by atoms with E-state index in [-0.39, 0.29) is 0 Å². The molecule has 0 spiro atoms. The molecule has 11 heavy (non-hydrogen) atoms. The molecule has 1 aromatic heterocycles. The third-order valence-corrected chi connectivity index (χ3v) is 1.41. The first-order valence-corrected chi connectivity index (χ1v) is 3.33. The average molecular weight is 147 g/mol. The predicted molar refractivity (Wildman–Crippen MR) is 42.8 cm³/mol. The number of terminal acetylenes is 1. The number of pyridine rings is 1. The second kappa shape index (κ2) is 3.18. The van der Waals surface area contributed by atoms with E-state index in [4.69, 9.17) is 11.5 Å². The van der Waals surface area contributed by atoms with Gasteiger partial charge < -0.3 is 5.11 Å². The van der Waals surface area contributed by atoms with E-state index in [0.717, 1.165) is 5.56 Å². The summed E-state index contributed by atoms with van der Waals surface area (Å²) in [5.41, 5.74) is 1.45. The maximum atomic E-state index is 9.14. The second-order valence-electron chi connectivity index (χ2n) is 2.33. The predicted octanol–water partition coefficient (Wildman–Crippen LogP) is 1.12. The molecule has 2 heteroatoms. The van der Waals surface area contributed by atoms with Gasteiger partial charge in [-0.05, 0) is 18.6 Å². The van der Waals surface area contributed by atoms with Crippen molar-refractivity contribution in [3.05, 3.63) is 29.6 Å². The van der Waals surface area contributed by atoms with Gasteiger partial charge in [-0.1, -0.05) is 5.92 Å². The Kier molecular flexibility index (Phi) is 2.25. The molecule has 0 bridgehead atoms. The number of aromatic nitrogens is 1. The van der Waals surface area contributed by atoms with E-state index in [0.29, 0.717) is 5.56 Å². The van der Waals surface area contributed by atoms with Gasteiger partial charge in [0.05, 0.1) is 6.10 Å². The van der Waals surface area contributed by atoms with Crippen molar-refractivity contribution in [3.63, 3.8) is 0 Å². The molecule has 1 rings (SSSR count). The highest BCUT2D eigenvalue weighted by Gasteiger charge is 1.99. The molecular formula is C9H9NO. The van der Waals surface area contributed by atoms with Crippen molar-refractivity contribution in [2.24, 2.45) is 0 Å². The number of hydrogen-bond donors (Lipinski definition) is 1. The van der Waals surface area contributed by atoms with Gasteiger partial charge in [-0.2, -0.15) is 0 Å². The van der Waals surface area contributed by atoms with Crippen LogP contribution >= 0.6 is 0 Å². The lowest BCUT2D eigenvalue weighted by Gasteiger charge is -2.02. The molecule has 0 fully saturated rings. The summed E-state index contributed by atoms with van der Waals surface area (Å²) in [4.78, 5) is 3.87. The zero-order chi connectivity index (χ0) is 8.27. The first-order chi connectivity index (χ1) is 5.24. The Bertz CT molecular complexity index is 286. The van der Waals surface area contributed by atoms with Crippen molar-refractivity contribution in [3.8, 4) is 12.3 Å². The van der Waals surface area contributed by atoms with E-state index in [2.05, 4.69) is 10.9 Å². The van der Waals surface area contributed by atoms with Gasteiger partial charge in [0.2, 0.25) is 0 Å². The van der Waals surface area contributed by atoms with Crippen LogP contribution in [0.1, 0.15) is 24.2 Å². The standard InChI is InChI=1S/C9H9NO/c1-3-8-4-9(7(2)11)6-10-5-8/h1,4-7,11H,2H3/t7-/m1/s1. The van der Waals surface area contributed by atoms with Gasteiger partial charge in [0.1, 0.15) is 0 Å². The van der Waals surface area contributed by atoms with Gasteiger partial charge in [0.15, 0.2) is 0 Å². The van der Waals surface area contributed by atoms with Gasteiger partial charge in [-0.15, -0.1) is 6.42 Å². The summed E-state index contributed by atoms with van der Waals surface area (Å²) in [6, 6.07) is 1.75. The highest BCUT2D eigenvalue weighted by Crippen LogP contribution is 2.10. The van der Waals surface area contributed by atoms with E-state index < -0.39 is 6.10 Å². The Morgan fingerprint density at radius 2 is 2.36 bits per heavy atom. The van der Waals surface area contributed by atoms with Crippen LogP contribution in [0.4, 0.5) is 0 Å². The van der Waals surface area contributed by atoms with E-state index in [1.807, 2.05) is 0 Å². The van der Waals surface area contributed by atoms with Crippen LogP contribution in [0.15, 0.2) is 18.5 Å². The van der Waals surface area contributed by atoms with E-state index in [9.17, 15) is 0 Å². The Morgan fingerprint density at radius 3 is 2.91 bits per heavy atom. The molecule has 0 aliphatic carbocycles. The molecule has 0 aliphatic heterocycles. The molecule has 0 saturated heterocycles. The maximum Gasteiger partial charge on any atom is 0.0777 e. The van der Waals surface area contributed by atoms with Crippen LogP contribution in [0.5, 0.6) is 0 Å². The molecule has 1 aromatic rings. The van der Waals surface area contributed by atoms with Crippen LogP contribution in [0, 0.1) is 12.3 Å². The van der Waals surface area contributed by atoms with Crippen molar-refractivity contribution in [1.29, 1.82) is 0 Å². The summed E-state index contributed by atoms with van der Waals surface area (Å²) in [6.07, 6.45) is 7.84. The SMILES string of the molecule is C#Cc1cncc([C@@H](C)O)c1. The zero-order valence-corrected chi connectivity index (χ0v) is 6.28. The second-order valence-corrected chi connectivity index (χ2v) is 2.33. The lowest BCUT2D eigenvalue weighted by molar-refractivity contribution is 0.199. The molecule has 0 amide bonds. The van der Waals surface area contributed by atoms with Crippen LogP contribution in [-0.4, -0.2) is 10.1 Å². The lowest BCUT2D eigenvalue weighted by Crippen LogP contribution is -1.92. The van der Waals surface area contributed by atoms with Gasteiger partial charge >= 0.3 is 0 Å². The Hall–Kier alpha value is -1.33. The van der Waals surface area contributed by atoms with E-state index in [1.54, 1.807) is 25.4 Å². The topological polar surface area (TPSA) is 33.1 Å². The number of nitrogens with zero attached hydrogens (tertiary/aromatic N) is 1. The first-order valence-electron chi connectivity index (χ1n) is 3.33. The average Bonchev–Trinajstić information content (AvgIpc) is 2.05. The largest absolute Gasteiger partial charge is 0.389 e. The maximum absolute atomic E-state index is 9.14. The highest BCUT2D eigenvalue weighted by atomic mass is 16.3. The summed E-state index contributed by atoms with van der Waals surface area (Å²) >= 11 is 0. The fourth-order valence-electron chi connectivity index (χ4n) is 0.765. The van der Waals surface area contributed by atoms with Crippen molar-refractivity contribution < 1.29 is 5.11 Å². The monoisotopic (exact) mass is 147 g/mol. The molecule has 56 valence electrons. The summed E-state index contributed by atoms with van der Waals surface area (Å²) in [5, 5.41) is 9.14. The van der Waals surface area contributed by atoms with Gasteiger partial charge in [0, 0.05) is 18.0 Å². The summed E-state index contributed by atoms with van der Waals surface area (Å²) in [5.74, 6) is 2.45. The molecule has 0 unspecified atom stereocenters. The van der Waals surface area contributed by atoms with Gasteiger partial charge in [-0.25, -0.2) is 0 Å². The highest BCUT2D eigenvalue weighted by molar-refractivity contribution is 5.32. The minimum absolute atomic E-state index is 0.504. The smallest absolute Gasteiger partial charge is 0.0777 e. The first kappa shape index (κ1) is 7.77. The molecular weight excluding hydrogens is 138 g/mol. The quantitative estimate of drug-likeness (QED) is 0.604. The van der Waals surface area contributed by atoms with Gasteiger partial charge in [-0.3, -0.25) is 4.98 Å². The molecule has 0 aromatic carbocycles. The van der Waals surface area contributed by atoms with Crippen molar-refractivity contribution in [2.45, 2.75) is 13.0 Å². The van der Waals surface area contributed by atoms with Crippen molar-refractivity contribution in [1.82, 2.24) is 4.98 Å². The Morgan fingerprint density at radius 1 is 1.64 bits per heavy atom. The molecule has 0 saturated carbocycles. The number of aliphatic hydroxyl groups excluding tert-OH is 1. The van der Waals surface area contributed by atoms with E-state index in [1.165, 1.54) is 0 Å². The molecule has 1 atom stereocenters. The lowest BCUT2D eigenvalue weighted by atomic mass is 10.1. The molecule has 1 heterocycles. The minimum atomic E-state index is -0.504. The third kappa shape index (κ3) is 1.79. The minimum Gasteiger partial charge on any atom is -0.389 e. The van der Waals surface area contributed by atoms with Crippen LogP contribution in [0.25, 0.3) is 0 Å². The molecule has 2 nitrogen and oxygen atoms in total. The number of rotatable bonds is 1. The number of aliphatic hydroxyl groups is 1. The fourth-order valence-corrected chi connectivity index (χ4v) is 0.765. The van der Waals surface area contributed by atoms with Gasteiger partial charge in [0.25, 0.3) is 0 Å². The van der Waals surface area contributed by atoms with Crippen LogP contribution in [0.2, 0.25) is 0 Å². The van der Waals surface area contributed by atoms with Crippen LogP contribution in [-0.2, 0) is 0 Å². The summed E-state index contributed by atoms with van der Waals surface area (Å²) in [6.45, 7) is 1.68. The van der Waals surface area contributed by atoms with Crippen LogP contribution in [0.3, 0.4) is 0 Å². The molecule has 1 N–H and O–H groups in total. The van der Waals surface area contributed by atoms with E-state index >= 15 is 0 Å². The zero-order valence-electron chi connectivity index (χ0n) is 6.28.